The molecule has 1 atom stereocenters. The first-order valence-electron chi connectivity index (χ1n) is 28.5. The van der Waals surface area contributed by atoms with E-state index in [1.165, 1.54) is 225 Å². The van der Waals surface area contributed by atoms with Crippen LogP contribution in [0, 0.1) is 0 Å². The molecule has 0 N–H and O–H groups in total. The average molecular weight is 900 g/mol. The van der Waals surface area contributed by atoms with Crippen molar-refractivity contribution >= 4 is 11.9 Å². The SMILES string of the molecule is CCCCC/C=C\C/C=C\CCCCCCCCCC(=O)OCC(COCCCCCCCCCCCCCCCC)OC(=O)CCCCCCCCC/C=C\CCCCCCCC. The maximum Gasteiger partial charge on any atom is 0.306 e. The molecule has 0 radical (unpaired) electrons. The number of ether oxygens (including phenoxy) is 3. The second-order valence-corrected chi connectivity index (χ2v) is 19.2. The molecule has 0 aromatic rings. The summed E-state index contributed by atoms with van der Waals surface area (Å²) in [6.45, 7) is 7.84. The third-order valence-electron chi connectivity index (χ3n) is 12.6. The number of carbonyl (C=O) groups excluding carboxylic acids is 2. The number of allylic oxidation sites excluding steroid dienone is 6. The number of unbranched alkanes of at least 4 members (excludes halogenated alkanes) is 36. The molecule has 0 aromatic heterocycles. The van der Waals surface area contributed by atoms with Gasteiger partial charge in [-0.05, 0) is 77.0 Å². The molecule has 64 heavy (non-hydrogen) atoms. The predicted molar refractivity (Wildman–Crippen MR) is 279 cm³/mol. The standard InChI is InChI=1S/C59H110O5/c1-4-7-10-13-16-19-22-25-28-30-32-34-37-40-43-46-49-52-58(60)63-56-57(55-62-54-51-48-45-42-39-36-27-24-21-18-15-12-9-6-3)64-59(61)53-50-47-44-41-38-35-33-31-29-26-23-20-17-14-11-8-5-2/h16,19,25-26,28-29,57H,4-15,17-18,20-24,27,30-56H2,1-3H3/b19-16-,28-25-,29-26-. The molecule has 0 saturated heterocycles. The molecule has 0 rings (SSSR count). The third-order valence-corrected chi connectivity index (χ3v) is 12.6. The summed E-state index contributed by atoms with van der Waals surface area (Å²) in [5, 5.41) is 0. The molecule has 1 unspecified atom stereocenters. The quantitative estimate of drug-likeness (QED) is 0.0346. The summed E-state index contributed by atoms with van der Waals surface area (Å²) in [6, 6.07) is 0. The number of hydrogen-bond acceptors (Lipinski definition) is 5. The Bertz CT molecular complexity index is 1020. The van der Waals surface area contributed by atoms with Gasteiger partial charge < -0.3 is 14.2 Å². The molecule has 0 spiro atoms. The summed E-state index contributed by atoms with van der Waals surface area (Å²) < 4.78 is 17.5. The second-order valence-electron chi connectivity index (χ2n) is 19.2. The van der Waals surface area contributed by atoms with Crippen molar-refractivity contribution in [2.24, 2.45) is 0 Å². The van der Waals surface area contributed by atoms with E-state index in [9.17, 15) is 9.59 Å². The molecule has 0 bridgehead atoms. The molecule has 0 aliphatic heterocycles. The van der Waals surface area contributed by atoms with Gasteiger partial charge in [0.05, 0.1) is 6.61 Å². The zero-order chi connectivity index (χ0) is 46.3. The van der Waals surface area contributed by atoms with Gasteiger partial charge in [-0.2, -0.15) is 0 Å². The summed E-state index contributed by atoms with van der Waals surface area (Å²) in [4.78, 5) is 25.5. The highest BCUT2D eigenvalue weighted by molar-refractivity contribution is 5.70. The molecule has 5 nitrogen and oxygen atoms in total. The lowest BCUT2D eigenvalue weighted by Crippen LogP contribution is -2.30. The van der Waals surface area contributed by atoms with Gasteiger partial charge in [-0.15, -0.1) is 0 Å². The maximum atomic E-state index is 12.8. The van der Waals surface area contributed by atoms with Crippen LogP contribution in [0.3, 0.4) is 0 Å². The minimum absolute atomic E-state index is 0.0846. The van der Waals surface area contributed by atoms with Crippen molar-refractivity contribution in [1.29, 1.82) is 0 Å². The van der Waals surface area contributed by atoms with Crippen LogP contribution >= 0.6 is 0 Å². The lowest BCUT2D eigenvalue weighted by molar-refractivity contribution is -0.163. The van der Waals surface area contributed by atoms with Gasteiger partial charge >= 0.3 is 11.9 Å². The molecular formula is C59H110O5. The smallest absolute Gasteiger partial charge is 0.306 e. The number of rotatable bonds is 53. The lowest BCUT2D eigenvalue weighted by atomic mass is 10.0. The van der Waals surface area contributed by atoms with Crippen LogP contribution in [0.15, 0.2) is 36.5 Å². The minimum atomic E-state index is -0.537. The van der Waals surface area contributed by atoms with E-state index in [-0.39, 0.29) is 25.2 Å². The molecule has 5 heteroatoms. The lowest BCUT2D eigenvalue weighted by Gasteiger charge is -2.18. The van der Waals surface area contributed by atoms with Crippen LogP contribution in [0.4, 0.5) is 0 Å². The highest BCUT2D eigenvalue weighted by Crippen LogP contribution is 2.16. The van der Waals surface area contributed by atoms with E-state index in [4.69, 9.17) is 14.2 Å². The second kappa shape index (κ2) is 55.4. The molecular weight excluding hydrogens is 789 g/mol. The highest BCUT2D eigenvalue weighted by atomic mass is 16.6. The third kappa shape index (κ3) is 52.7. The van der Waals surface area contributed by atoms with Gasteiger partial charge in [0.2, 0.25) is 0 Å². The number of hydrogen-bond donors (Lipinski definition) is 0. The van der Waals surface area contributed by atoms with Crippen molar-refractivity contribution in [2.45, 2.75) is 309 Å². The number of esters is 2. The van der Waals surface area contributed by atoms with Crippen LogP contribution in [0.5, 0.6) is 0 Å². The summed E-state index contributed by atoms with van der Waals surface area (Å²) in [7, 11) is 0. The van der Waals surface area contributed by atoms with Crippen molar-refractivity contribution in [3.63, 3.8) is 0 Å². The molecule has 0 fully saturated rings. The van der Waals surface area contributed by atoms with E-state index in [1.807, 2.05) is 0 Å². The van der Waals surface area contributed by atoms with E-state index in [1.54, 1.807) is 0 Å². The van der Waals surface area contributed by atoms with Crippen molar-refractivity contribution in [2.75, 3.05) is 19.8 Å². The van der Waals surface area contributed by atoms with E-state index in [2.05, 4.69) is 57.2 Å². The van der Waals surface area contributed by atoms with Gasteiger partial charge in [0, 0.05) is 19.4 Å². The van der Waals surface area contributed by atoms with Crippen molar-refractivity contribution in [1.82, 2.24) is 0 Å². The molecule has 0 aliphatic carbocycles. The fourth-order valence-electron chi connectivity index (χ4n) is 8.36. The Morgan fingerprint density at radius 2 is 0.656 bits per heavy atom. The van der Waals surface area contributed by atoms with Gasteiger partial charge in [0.15, 0.2) is 6.10 Å². The highest BCUT2D eigenvalue weighted by Gasteiger charge is 2.17. The van der Waals surface area contributed by atoms with E-state index in [0.717, 1.165) is 44.9 Å². The Labute approximate surface area is 400 Å². The van der Waals surface area contributed by atoms with Gasteiger partial charge in [0.25, 0.3) is 0 Å². The Balaban J connectivity index is 4.25. The van der Waals surface area contributed by atoms with Crippen LogP contribution < -0.4 is 0 Å². The Morgan fingerprint density at radius 3 is 1.08 bits per heavy atom. The van der Waals surface area contributed by atoms with Crippen LogP contribution in [0.1, 0.15) is 303 Å². The van der Waals surface area contributed by atoms with Crippen molar-refractivity contribution in [3.8, 4) is 0 Å². The van der Waals surface area contributed by atoms with E-state index in [0.29, 0.717) is 19.4 Å². The number of carbonyl (C=O) groups is 2. The van der Waals surface area contributed by atoms with Crippen LogP contribution in [0.2, 0.25) is 0 Å². The fraction of sp³-hybridized carbons (Fsp3) is 0.864. The predicted octanol–water partition coefficient (Wildman–Crippen LogP) is 19.4. The monoisotopic (exact) mass is 899 g/mol. The minimum Gasteiger partial charge on any atom is -0.462 e. The molecule has 376 valence electrons. The van der Waals surface area contributed by atoms with Crippen LogP contribution in [0.25, 0.3) is 0 Å². The first kappa shape index (κ1) is 62.1. The fourth-order valence-corrected chi connectivity index (χ4v) is 8.36. The van der Waals surface area contributed by atoms with E-state index >= 15 is 0 Å². The van der Waals surface area contributed by atoms with Gasteiger partial charge in [-0.25, -0.2) is 0 Å². The van der Waals surface area contributed by atoms with Crippen LogP contribution in [-0.4, -0.2) is 37.9 Å². The summed E-state index contributed by atoms with van der Waals surface area (Å²) >= 11 is 0. The van der Waals surface area contributed by atoms with Crippen molar-refractivity contribution < 1.29 is 23.8 Å². The summed E-state index contributed by atoms with van der Waals surface area (Å²) in [6.07, 6.45) is 67.3. The molecule has 0 amide bonds. The molecule has 0 aromatic carbocycles. The van der Waals surface area contributed by atoms with Gasteiger partial charge in [-0.1, -0.05) is 250 Å². The first-order valence-corrected chi connectivity index (χ1v) is 28.5. The largest absolute Gasteiger partial charge is 0.462 e. The van der Waals surface area contributed by atoms with E-state index < -0.39 is 6.10 Å². The Hall–Kier alpha value is -1.88. The normalized spacial score (nSPS) is 12.4. The van der Waals surface area contributed by atoms with Crippen LogP contribution in [-0.2, 0) is 23.8 Å². The Kier molecular flexibility index (Phi) is 53.8. The Morgan fingerprint density at radius 1 is 0.344 bits per heavy atom. The average Bonchev–Trinajstić information content (AvgIpc) is 3.30. The van der Waals surface area contributed by atoms with Gasteiger partial charge in [0.1, 0.15) is 6.61 Å². The summed E-state index contributed by atoms with van der Waals surface area (Å²) in [5.74, 6) is -0.393. The maximum absolute atomic E-state index is 12.8. The zero-order valence-corrected chi connectivity index (χ0v) is 43.3. The topological polar surface area (TPSA) is 61.8 Å². The van der Waals surface area contributed by atoms with Crippen molar-refractivity contribution in [3.05, 3.63) is 36.5 Å². The summed E-state index contributed by atoms with van der Waals surface area (Å²) in [5.41, 5.74) is 0. The molecule has 0 saturated carbocycles. The van der Waals surface area contributed by atoms with Gasteiger partial charge in [-0.3, -0.25) is 9.59 Å². The first-order chi connectivity index (χ1) is 31.6. The zero-order valence-electron chi connectivity index (χ0n) is 43.3. The molecule has 0 heterocycles. The molecule has 0 aliphatic rings.